The molecule has 3 nitrogen and oxygen atoms in total. The van der Waals surface area contributed by atoms with Gasteiger partial charge in [-0.05, 0) is 30.7 Å². The van der Waals surface area contributed by atoms with Gasteiger partial charge in [-0.1, -0.05) is 42.2 Å². The molecule has 22 heavy (non-hydrogen) atoms. The van der Waals surface area contributed by atoms with E-state index in [1.54, 1.807) is 24.3 Å². The summed E-state index contributed by atoms with van der Waals surface area (Å²) in [6, 6.07) is 16.7. The van der Waals surface area contributed by atoms with E-state index in [4.69, 9.17) is 0 Å². The number of amides is 2. The highest BCUT2D eigenvalue weighted by Gasteiger charge is 2.34. The van der Waals surface area contributed by atoms with Crippen LogP contribution in [0.15, 0.2) is 54.6 Å². The van der Waals surface area contributed by atoms with Crippen molar-refractivity contribution in [1.82, 2.24) is 4.90 Å². The van der Waals surface area contributed by atoms with Gasteiger partial charge in [-0.15, -0.1) is 0 Å². The minimum atomic E-state index is -0.198. The normalized spacial score (nSPS) is 12.8. The van der Waals surface area contributed by atoms with Crippen molar-refractivity contribution in [3.8, 4) is 11.8 Å². The van der Waals surface area contributed by atoms with Gasteiger partial charge in [-0.2, -0.15) is 0 Å². The molecule has 2 aromatic carbocycles. The molecule has 0 radical (unpaired) electrons. The summed E-state index contributed by atoms with van der Waals surface area (Å²) in [6.45, 7) is 0.413. The Morgan fingerprint density at radius 1 is 0.818 bits per heavy atom. The third kappa shape index (κ3) is 2.77. The van der Waals surface area contributed by atoms with Gasteiger partial charge in [0.1, 0.15) is 0 Å². The molecule has 3 heteroatoms. The Hall–Kier alpha value is -2.86. The first kappa shape index (κ1) is 14.1. The van der Waals surface area contributed by atoms with E-state index in [0.717, 1.165) is 5.56 Å². The van der Waals surface area contributed by atoms with Gasteiger partial charge in [0.15, 0.2) is 0 Å². The van der Waals surface area contributed by atoms with Gasteiger partial charge in [0.25, 0.3) is 11.8 Å². The maximum Gasteiger partial charge on any atom is 0.261 e. The van der Waals surface area contributed by atoms with Crippen molar-refractivity contribution in [3.05, 3.63) is 71.3 Å². The Bertz CT molecular complexity index is 734. The number of rotatable bonds is 3. The number of imide groups is 1. The van der Waals surface area contributed by atoms with Crippen LogP contribution in [-0.4, -0.2) is 23.3 Å². The average Bonchev–Trinajstić information content (AvgIpc) is 2.81. The molecule has 0 spiro atoms. The largest absolute Gasteiger partial charge is 0.274 e. The highest BCUT2D eigenvalue weighted by atomic mass is 16.2. The first-order chi connectivity index (χ1) is 10.8. The fraction of sp³-hybridized carbons (Fsp3) is 0.158. The molecule has 2 aromatic rings. The van der Waals surface area contributed by atoms with Crippen LogP contribution in [0.2, 0.25) is 0 Å². The quantitative estimate of drug-likeness (QED) is 0.494. The van der Waals surface area contributed by atoms with Crippen LogP contribution >= 0.6 is 0 Å². The van der Waals surface area contributed by atoms with E-state index >= 15 is 0 Å². The zero-order valence-corrected chi connectivity index (χ0v) is 12.1. The Labute approximate surface area is 129 Å². The summed E-state index contributed by atoms with van der Waals surface area (Å²) in [7, 11) is 0. The fourth-order valence-electron chi connectivity index (χ4n) is 2.45. The molecule has 0 atom stereocenters. The van der Waals surface area contributed by atoms with E-state index in [0.29, 0.717) is 30.5 Å². The monoisotopic (exact) mass is 289 g/mol. The molecule has 0 bridgehead atoms. The molecule has 0 aromatic heterocycles. The molecule has 0 saturated carbocycles. The van der Waals surface area contributed by atoms with E-state index in [1.807, 2.05) is 30.3 Å². The number of hydrogen-bond acceptors (Lipinski definition) is 2. The van der Waals surface area contributed by atoms with Crippen LogP contribution in [-0.2, 0) is 0 Å². The lowest BCUT2D eigenvalue weighted by Crippen LogP contribution is -2.30. The molecule has 2 amide bonds. The molecule has 1 heterocycles. The summed E-state index contributed by atoms with van der Waals surface area (Å²) in [5.41, 5.74) is 1.98. The second-order valence-corrected chi connectivity index (χ2v) is 5.08. The Kier molecular flexibility index (Phi) is 4.02. The minimum absolute atomic E-state index is 0.198. The van der Waals surface area contributed by atoms with Crippen LogP contribution in [0.5, 0.6) is 0 Å². The van der Waals surface area contributed by atoms with E-state index in [-0.39, 0.29) is 11.8 Å². The summed E-state index contributed by atoms with van der Waals surface area (Å²) in [5, 5.41) is 0. The van der Waals surface area contributed by atoms with Crippen molar-refractivity contribution in [1.29, 1.82) is 0 Å². The molecule has 0 saturated heterocycles. The molecule has 3 rings (SSSR count). The Morgan fingerprint density at radius 3 is 2.05 bits per heavy atom. The van der Waals surface area contributed by atoms with Gasteiger partial charge in [0, 0.05) is 18.5 Å². The predicted octanol–water partition coefficient (Wildman–Crippen LogP) is 3.11. The molecule has 108 valence electrons. The maximum absolute atomic E-state index is 12.2. The van der Waals surface area contributed by atoms with Crippen molar-refractivity contribution < 1.29 is 9.59 Å². The third-order valence-corrected chi connectivity index (χ3v) is 3.57. The topological polar surface area (TPSA) is 37.4 Å². The lowest BCUT2D eigenvalue weighted by atomic mass is 10.1. The summed E-state index contributed by atoms with van der Waals surface area (Å²) < 4.78 is 0. The number of fused-ring (bicyclic) bond motifs is 1. The molecular weight excluding hydrogens is 274 g/mol. The van der Waals surface area contributed by atoms with Gasteiger partial charge in [-0.25, -0.2) is 0 Å². The Morgan fingerprint density at radius 2 is 1.41 bits per heavy atom. The molecule has 0 unspecified atom stereocenters. The third-order valence-electron chi connectivity index (χ3n) is 3.57. The van der Waals surface area contributed by atoms with E-state index in [2.05, 4.69) is 11.8 Å². The SMILES string of the molecule is O=C1c2ccccc2C(=O)N1CCCC#Cc1ccccc1. The second kappa shape index (κ2) is 6.28. The zero-order valence-electron chi connectivity index (χ0n) is 12.1. The van der Waals surface area contributed by atoms with Crippen molar-refractivity contribution in [3.63, 3.8) is 0 Å². The summed E-state index contributed by atoms with van der Waals surface area (Å²) in [5.74, 6) is 5.75. The number of carbonyl (C=O) groups is 2. The molecule has 1 aliphatic rings. The van der Waals surface area contributed by atoms with E-state index in [9.17, 15) is 9.59 Å². The number of unbranched alkanes of at least 4 members (excludes halogenated alkanes) is 1. The number of carbonyl (C=O) groups excluding carboxylic acids is 2. The smallest absolute Gasteiger partial charge is 0.261 e. The van der Waals surface area contributed by atoms with Gasteiger partial charge >= 0.3 is 0 Å². The van der Waals surface area contributed by atoms with Gasteiger partial charge in [-0.3, -0.25) is 14.5 Å². The van der Waals surface area contributed by atoms with Gasteiger partial charge in [0.05, 0.1) is 11.1 Å². The minimum Gasteiger partial charge on any atom is -0.274 e. The number of hydrogen-bond donors (Lipinski definition) is 0. The van der Waals surface area contributed by atoms with E-state index in [1.165, 1.54) is 4.90 Å². The standard InChI is InChI=1S/C19H15NO2/c21-18-16-12-6-7-13-17(16)19(22)20(18)14-8-2-5-11-15-9-3-1-4-10-15/h1,3-4,6-7,9-10,12-13H,2,8,14H2. The fourth-order valence-corrected chi connectivity index (χ4v) is 2.45. The second-order valence-electron chi connectivity index (χ2n) is 5.08. The highest BCUT2D eigenvalue weighted by Crippen LogP contribution is 2.22. The lowest BCUT2D eigenvalue weighted by Gasteiger charge is -2.12. The van der Waals surface area contributed by atoms with Crippen LogP contribution in [0.4, 0.5) is 0 Å². The van der Waals surface area contributed by atoms with Crippen LogP contribution in [0.1, 0.15) is 39.1 Å². The van der Waals surface area contributed by atoms with E-state index < -0.39 is 0 Å². The lowest BCUT2D eigenvalue weighted by molar-refractivity contribution is 0.0653. The predicted molar refractivity (Wildman–Crippen MR) is 84.4 cm³/mol. The summed E-state index contributed by atoms with van der Waals surface area (Å²) in [6.07, 6.45) is 1.34. The molecule has 1 aliphatic heterocycles. The first-order valence-electron chi connectivity index (χ1n) is 7.26. The van der Waals surface area contributed by atoms with Gasteiger partial charge in [0.2, 0.25) is 0 Å². The average molecular weight is 289 g/mol. The van der Waals surface area contributed by atoms with Crippen LogP contribution in [0.3, 0.4) is 0 Å². The maximum atomic E-state index is 12.2. The van der Waals surface area contributed by atoms with Crippen molar-refractivity contribution >= 4 is 11.8 Å². The van der Waals surface area contributed by atoms with Crippen LogP contribution in [0, 0.1) is 11.8 Å². The zero-order chi connectivity index (χ0) is 15.4. The first-order valence-corrected chi connectivity index (χ1v) is 7.26. The molecule has 0 aliphatic carbocycles. The number of nitrogens with zero attached hydrogens (tertiary/aromatic N) is 1. The van der Waals surface area contributed by atoms with Crippen LogP contribution in [0.25, 0.3) is 0 Å². The summed E-state index contributed by atoms with van der Waals surface area (Å²) >= 11 is 0. The molecular formula is C19H15NO2. The molecule has 0 N–H and O–H groups in total. The highest BCUT2D eigenvalue weighted by molar-refractivity contribution is 6.21. The number of benzene rings is 2. The van der Waals surface area contributed by atoms with Gasteiger partial charge < -0.3 is 0 Å². The van der Waals surface area contributed by atoms with Crippen molar-refractivity contribution in [2.45, 2.75) is 12.8 Å². The van der Waals surface area contributed by atoms with Crippen LogP contribution < -0.4 is 0 Å². The summed E-state index contributed by atoms with van der Waals surface area (Å²) in [4.78, 5) is 25.6. The van der Waals surface area contributed by atoms with Crippen molar-refractivity contribution in [2.24, 2.45) is 0 Å². The molecule has 0 fully saturated rings. The van der Waals surface area contributed by atoms with Crippen molar-refractivity contribution in [2.75, 3.05) is 6.54 Å². The Balaban J connectivity index is 1.57.